The van der Waals surface area contributed by atoms with Gasteiger partial charge in [0.2, 0.25) is 0 Å². The van der Waals surface area contributed by atoms with Gasteiger partial charge in [0.15, 0.2) is 0 Å². The zero-order chi connectivity index (χ0) is 14.8. The number of hydrogen-bond donors (Lipinski definition) is 1. The van der Waals surface area contributed by atoms with Crippen LogP contribution >= 0.6 is 0 Å². The maximum absolute atomic E-state index is 12.3. The number of hydrogen-bond acceptors (Lipinski definition) is 1. The van der Waals surface area contributed by atoms with Crippen molar-refractivity contribution in [3.8, 4) is 0 Å². The average molecular weight is 282 g/mol. The van der Waals surface area contributed by atoms with Gasteiger partial charge in [-0.25, -0.2) is 0 Å². The number of aryl methyl sites for hydroxylation is 1. The summed E-state index contributed by atoms with van der Waals surface area (Å²) in [5.74, 6) is 0.0472. The standard InChI is InChI=1S/C18H22N2O/c1-13-12-17(14(2)20(13)16-8-9-16)18(21)19-11-10-15-6-4-3-5-7-15/h3-7,12,16H,8-11H2,1-2H3,(H,19,21). The first-order valence-electron chi connectivity index (χ1n) is 7.67. The molecule has 1 aliphatic carbocycles. The number of carbonyl (C=O) groups excluding carboxylic acids is 1. The molecule has 110 valence electrons. The molecule has 0 spiro atoms. The largest absolute Gasteiger partial charge is 0.352 e. The summed E-state index contributed by atoms with van der Waals surface area (Å²) in [6.07, 6.45) is 3.35. The van der Waals surface area contributed by atoms with Crippen LogP contribution in [0.1, 0.15) is 46.2 Å². The zero-order valence-corrected chi connectivity index (χ0v) is 12.7. The number of amides is 1. The molecule has 1 amide bonds. The monoisotopic (exact) mass is 282 g/mol. The second-order valence-electron chi connectivity index (χ2n) is 5.88. The van der Waals surface area contributed by atoms with Crippen molar-refractivity contribution in [2.75, 3.05) is 6.54 Å². The molecule has 0 atom stereocenters. The SMILES string of the molecule is Cc1cc(C(=O)NCCc2ccccc2)c(C)n1C1CC1. The van der Waals surface area contributed by atoms with Crippen molar-refractivity contribution in [3.63, 3.8) is 0 Å². The van der Waals surface area contributed by atoms with E-state index in [9.17, 15) is 4.79 Å². The third-order valence-electron chi connectivity index (χ3n) is 4.18. The Morgan fingerprint density at radius 2 is 1.95 bits per heavy atom. The molecule has 1 saturated carbocycles. The quantitative estimate of drug-likeness (QED) is 0.896. The van der Waals surface area contributed by atoms with Crippen molar-refractivity contribution < 1.29 is 4.79 Å². The van der Waals surface area contributed by atoms with E-state index < -0.39 is 0 Å². The van der Waals surface area contributed by atoms with Crippen molar-refractivity contribution in [1.82, 2.24) is 9.88 Å². The normalized spacial score (nSPS) is 14.2. The van der Waals surface area contributed by atoms with Crippen LogP contribution < -0.4 is 5.32 Å². The molecule has 3 nitrogen and oxygen atoms in total. The predicted molar refractivity (Wildman–Crippen MR) is 84.7 cm³/mol. The van der Waals surface area contributed by atoms with Crippen LogP contribution in [0.15, 0.2) is 36.4 Å². The van der Waals surface area contributed by atoms with E-state index in [2.05, 4.69) is 35.9 Å². The minimum absolute atomic E-state index is 0.0472. The van der Waals surface area contributed by atoms with Crippen LogP contribution in [0.25, 0.3) is 0 Å². The molecule has 1 N–H and O–H groups in total. The molecule has 0 aliphatic heterocycles. The van der Waals surface area contributed by atoms with Crippen LogP contribution in [-0.4, -0.2) is 17.0 Å². The van der Waals surface area contributed by atoms with E-state index in [1.807, 2.05) is 24.3 Å². The summed E-state index contributed by atoms with van der Waals surface area (Å²) in [5.41, 5.74) is 4.38. The van der Waals surface area contributed by atoms with Crippen LogP contribution in [0, 0.1) is 13.8 Å². The lowest BCUT2D eigenvalue weighted by molar-refractivity contribution is 0.0953. The van der Waals surface area contributed by atoms with Gasteiger partial charge in [0.05, 0.1) is 5.56 Å². The lowest BCUT2D eigenvalue weighted by Crippen LogP contribution is -2.26. The van der Waals surface area contributed by atoms with E-state index in [1.54, 1.807) is 0 Å². The Bertz CT molecular complexity index is 639. The van der Waals surface area contributed by atoms with Crippen LogP contribution in [0.4, 0.5) is 0 Å². The van der Waals surface area contributed by atoms with Crippen molar-refractivity contribution in [1.29, 1.82) is 0 Å². The second kappa shape index (κ2) is 5.76. The molecule has 1 aromatic carbocycles. The van der Waals surface area contributed by atoms with E-state index in [0.717, 1.165) is 17.7 Å². The minimum atomic E-state index is 0.0472. The summed E-state index contributed by atoms with van der Waals surface area (Å²) in [4.78, 5) is 12.3. The summed E-state index contributed by atoms with van der Waals surface area (Å²) >= 11 is 0. The highest BCUT2D eigenvalue weighted by Gasteiger charge is 2.28. The smallest absolute Gasteiger partial charge is 0.253 e. The van der Waals surface area contributed by atoms with E-state index in [-0.39, 0.29) is 5.91 Å². The number of nitrogens with zero attached hydrogens (tertiary/aromatic N) is 1. The minimum Gasteiger partial charge on any atom is -0.352 e. The summed E-state index contributed by atoms with van der Waals surface area (Å²) in [5, 5.41) is 3.04. The van der Waals surface area contributed by atoms with Gasteiger partial charge in [0.25, 0.3) is 5.91 Å². The van der Waals surface area contributed by atoms with E-state index in [1.165, 1.54) is 24.1 Å². The average Bonchev–Trinajstić information content (AvgIpc) is 3.26. The third-order valence-corrected chi connectivity index (χ3v) is 4.18. The molecule has 0 radical (unpaired) electrons. The third kappa shape index (κ3) is 3.02. The van der Waals surface area contributed by atoms with Gasteiger partial charge in [-0.05, 0) is 44.7 Å². The molecule has 2 aromatic rings. The Morgan fingerprint density at radius 3 is 2.62 bits per heavy atom. The van der Waals surface area contributed by atoms with Gasteiger partial charge in [-0.15, -0.1) is 0 Å². The number of benzene rings is 1. The number of aromatic nitrogens is 1. The van der Waals surface area contributed by atoms with Crippen molar-refractivity contribution >= 4 is 5.91 Å². The second-order valence-corrected chi connectivity index (χ2v) is 5.88. The Kier molecular flexibility index (Phi) is 3.82. The molecule has 1 aromatic heterocycles. The first kappa shape index (κ1) is 13.9. The summed E-state index contributed by atoms with van der Waals surface area (Å²) in [6, 6.07) is 12.9. The Labute approximate surface area is 126 Å². The Hall–Kier alpha value is -2.03. The number of nitrogens with one attached hydrogen (secondary N) is 1. The maximum atomic E-state index is 12.3. The summed E-state index contributed by atoms with van der Waals surface area (Å²) in [6.45, 7) is 4.82. The number of carbonyl (C=O) groups is 1. The first-order valence-corrected chi connectivity index (χ1v) is 7.67. The number of rotatable bonds is 5. The van der Waals surface area contributed by atoms with Gasteiger partial charge in [-0.3, -0.25) is 4.79 Å². The zero-order valence-electron chi connectivity index (χ0n) is 12.7. The lowest BCUT2D eigenvalue weighted by Gasteiger charge is -2.08. The van der Waals surface area contributed by atoms with Crippen LogP contribution in [0.3, 0.4) is 0 Å². The highest BCUT2D eigenvalue weighted by molar-refractivity contribution is 5.95. The topological polar surface area (TPSA) is 34.0 Å². The highest BCUT2D eigenvalue weighted by Crippen LogP contribution is 2.38. The van der Waals surface area contributed by atoms with Gasteiger partial charge in [0.1, 0.15) is 0 Å². The molecule has 1 aliphatic rings. The van der Waals surface area contributed by atoms with Crippen molar-refractivity contribution in [2.24, 2.45) is 0 Å². The molecule has 3 heteroatoms. The first-order chi connectivity index (χ1) is 10.2. The van der Waals surface area contributed by atoms with Crippen LogP contribution in [0.2, 0.25) is 0 Å². The maximum Gasteiger partial charge on any atom is 0.253 e. The Morgan fingerprint density at radius 1 is 1.24 bits per heavy atom. The highest BCUT2D eigenvalue weighted by atomic mass is 16.1. The van der Waals surface area contributed by atoms with Crippen molar-refractivity contribution in [3.05, 3.63) is 58.9 Å². The van der Waals surface area contributed by atoms with Gasteiger partial charge in [0, 0.05) is 24.0 Å². The predicted octanol–water partition coefficient (Wildman–Crippen LogP) is 3.41. The molecule has 0 unspecified atom stereocenters. The molecule has 3 rings (SSSR count). The van der Waals surface area contributed by atoms with Gasteiger partial charge in [-0.1, -0.05) is 30.3 Å². The van der Waals surface area contributed by atoms with E-state index in [4.69, 9.17) is 0 Å². The molecular formula is C18H22N2O. The van der Waals surface area contributed by atoms with Crippen LogP contribution in [-0.2, 0) is 6.42 Å². The fourth-order valence-corrected chi connectivity index (χ4v) is 2.96. The molecule has 1 heterocycles. The Balaban J connectivity index is 1.62. The summed E-state index contributed by atoms with van der Waals surface area (Å²) in [7, 11) is 0. The summed E-state index contributed by atoms with van der Waals surface area (Å²) < 4.78 is 2.31. The van der Waals surface area contributed by atoms with Gasteiger partial charge >= 0.3 is 0 Å². The van der Waals surface area contributed by atoms with Gasteiger partial charge in [-0.2, -0.15) is 0 Å². The molecule has 1 fully saturated rings. The fourth-order valence-electron chi connectivity index (χ4n) is 2.96. The molecule has 21 heavy (non-hydrogen) atoms. The lowest BCUT2D eigenvalue weighted by atomic mass is 10.1. The van der Waals surface area contributed by atoms with Crippen LogP contribution in [0.5, 0.6) is 0 Å². The molecular weight excluding hydrogens is 260 g/mol. The molecule has 0 saturated heterocycles. The fraction of sp³-hybridized carbons (Fsp3) is 0.389. The van der Waals surface area contributed by atoms with Gasteiger partial charge < -0.3 is 9.88 Å². The molecule has 0 bridgehead atoms. The van der Waals surface area contributed by atoms with Crippen molar-refractivity contribution in [2.45, 2.75) is 39.2 Å². The van der Waals surface area contributed by atoms with E-state index >= 15 is 0 Å². The van der Waals surface area contributed by atoms with E-state index in [0.29, 0.717) is 12.6 Å².